The Balaban J connectivity index is 0.000001000. The molecular formula is C14H25Cl2N3O. The van der Waals surface area contributed by atoms with Crippen LogP contribution in [0.25, 0.3) is 0 Å². The van der Waals surface area contributed by atoms with Crippen LogP contribution in [-0.4, -0.2) is 28.7 Å². The third-order valence-electron chi connectivity index (χ3n) is 4.23. The number of aryl methyl sites for hydroxylation is 1. The van der Waals surface area contributed by atoms with Gasteiger partial charge in [0.05, 0.1) is 18.6 Å². The van der Waals surface area contributed by atoms with Gasteiger partial charge in [-0.05, 0) is 19.8 Å². The molecule has 1 atom stereocenters. The van der Waals surface area contributed by atoms with E-state index in [1.165, 1.54) is 31.4 Å². The first-order valence-corrected chi connectivity index (χ1v) is 7.27. The number of halogens is 2. The van der Waals surface area contributed by atoms with Crippen molar-refractivity contribution in [1.82, 2.24) is 14.9 Å². The van der Waals surface area contributed by atoms with E-state index >= 15 is 0 Å². The number of hydrogen-bond acceptors (Lipinski definition) is 3. The molecule has 1 unspecified atom stereocenters. The largest absolute Gasteiger partial charge is 0.370 e. The first-order valence-electron chi connectivity index (χ1n) is 7.27. The van der Waals surface area contributed by atoms with Gasteiger partial charge in [0.15, 0.2) is 0 Å². The van der Waals surface area contributed by atoms with E-state index in [9.17, 15) is 0 Å². The molecule has 1 N–H and O–H groups in total. The van der Waals surface area contributed by atoms with Gasteiger partial charge in [0.2, 0.25) is 0 Å². The van der Waals surface area contributed by atoms with E-state index in [4.69, 9.17) is 4.74 Å². The highest BCUT2D eigenvalue weighted by molar-refractivity contribution is 5.85. The normalized spacial score (nSPS) is 21.9. The Labute approximate surface area is 133 Å². The molecular weight excluding hydrogens is 297 g/mol. The molecule has 1 fully saturated rings. The molecule has 1 aromatic heterocycles. The van der Waals surface area contributed by atoms with Gasteiger partial charge in [0.25, 0.3) is 0 Å². The third kappa shape index (κ3) is 3.67. The SMILES string of the molecule is CCn1cnc2c1CCOC2CNC1CCCC1.Cl.Cl. The van der Waals surface area contributed by atoms with Crippen molar-refractivity contribution in [3.8, 4) is 0 Å². The Morgan fingerprint density at radius 1 is 1.35 bits per heavy atom. The lowest BCUT2D eigenvalue weighted by Gasteiger charge is -2.25. The third-order valence-corrected chi connectivity index (χ3v) is 4.23. The molecule has 116 valence electrons. The molecule has 0 amide bonds. The van der Waals surface area contributed by atoms with Gasteiger partial charge in [-0.2, -0.15) is 0 Å². The van der Waals surface area contributed by atoms with Gasteiger partial charge in [-0.3, -0.25) is 0 Å². The van der Waals surface area contributed by atoms with Crippen molar-refractivity contribution in [2.75, 3.05) is 13.2 Å². The van der Waals surface area contributed by atoms with Crippen molar-refractivity contribution in [2.24, 2.45) is 0 Å². The quantitative estimate of drug-likeness (QED) is 0.926. The molecule has 0 spiro atoms. The molecule has 1 saturated carbocycles. The first kappa shape index (κ1) is 17.8. The molecule has 2 aliphatic rings. The summed E-state index contributed by atoms with van der Waals surface area (Å²) >= 11 is 0. The van der Waals surface area contributed by atoms with Crippen LogP contribution in [0.4, 0.5) is 0 Å². The summed E-state index contributed by atoms with van der Waals surface area (Å²) in [7, 11) is 0. The van der Waals surface area contributed by atoms with Crippen LogP contribution in [0.15, 0.2) is 6.33 Å². The highest BCUT2D eigenvalue weighted by atomic mass is 35.5. The number of hydrogen-bond donors (Lipinski definition) is 1. The fraction of sp³-hybridized carbons (Fsp3) is 0.786. The second-order valence-electron chi connectivity index (χ2n) is 5.36. The van der Waals surface area contributed by atoms with Crippen LogP contribution in [0.5, 0.6) is 0 Å². The predicted octanol–water partition coefficient (Wildman–Crippen LogP) is 2.89. The zero-order chi connectivity index (χ0) is 12.4. The van der Waals surface area contributed by atoms with E-state index in [0.717, 1.165) is 31.8 Å². The van der Waals surface area contributed by atoms with Gasteiger partial charge in [-0.25, -0.2) is 4.98 Å². The van der Waals surface area contributed by atoms with Crippen LogP contribution in [0.2, 0.25) is 0 Å². The van der Waals surface area contributed by atoms with Crippen molar-refractivity contribution >= 4 is 24.8 Å². The first-order chi connectivity index (χ1) is 8.88. The molecule has 4 nitrogen and oxygen atoms in total. The molecule has 1 aromatic rings. The van der Waals surface area contributed by atoms with E-state index in [1.54, 1.807) is 0 Å². The molecule has 20 heavy (non-hydrogen) atoms. The summed E-state index contributed by atoms with van der Waals surface area (Å²) in [4.78, 5) is 4.55. The number of rotatable bonds is 4. The Hall–Kier alpha value is -0.290. The zero-order valence-electron chi connectivity index (χ0n) is 12.0. The van der Waals surface area contributed by atoms with Crippen LogP contribution in [0.3, 0.4) is 0 Å². The van der Waals surface area contributed by atoms with E-state index < -0.39 is 0 Å². The summed E-state index contributed by atoms with van der Waals surface area (Å²) in [5.74, 6) is 0. The minimum Gasteiger partial charge on any atom is -0.370 e. The Morgan fingerprint density at radius 2 is 2.10 bits per heavy atom. The van der Waals surface area contributed by atoms with Crippen molar-refractivity contribution in [2.45, 2.75) is 57.7 Å². The Morgan fingerprint density at radius 3 is 2.80 bits per heavy atom. The zero-order valence-corrected chi connectivity index (χ0v) is 13.6. The summed E-state index contributed by atoms with van der Waals surface area (Å²) < 4.78 is 8.13. The van der Waals surface area contributed by atoms with Gasteiger partial charge in [-0.1, -0.05) is 12.8 Å². The monoisotopic (exact) mass is 321 g/mol. The van der Waals surface area contributed by atoms with E-state index in [1.807, 2.05) is 6.33 Å². The van der Waals surface area contributed by atoms with Crippen LogP contribution >= 0.6 is 24.8 Å². The van der Waals surface area contributed by atoms with Gasteiger partial charge < -0.3 is 14.6 Å². The summed E-state index contributed by atoms with van der Waals surface area (Å²) in [6.45, 7) is 4.92. The molecule has 0 bridgehead atoms. The van der Waals surface area contributed by atoms with Crippen molar-refractivity contribution in [3.05, 3.63) is 17.7 Å². The fourth-order valence-electron chi connectivity index (χ4n) is 3.17. The number of imidazole rings is 1. The second kappa shape index (κ2) is 8.23. The standard InChI is InChI=1S/C14H23N3O.2ClH/c1-2-17-10-16-14-12(17)7-8-18-13(14)9-15-11-5-3-4-6-11;;/h10-11,13,15H,2-9H2,1H3;2*1H. The molecule has 6 heteroatoms. The minimum atomic E-state index is 0. The maximum Gasteiger partial charge on any atom is 0.114 e. The molecule has 1 aliphatic heterocycles. The van der Waals surface area contributed by atoms with Crippen LogP contribution in [0, 0.1) is 0 Å². The maximum atomic E-state index is 5.88. The van der Waals surface area contributed by atoms with Gasteiger partial charge >= 0.3 is 0 Å². The molecule has 2 heterocycles. The van der Waals surface area contributed by atoms with Crippen molar-refractivity contribution in [1.29, 1.82) is 0 Å². The molecule has 0 aromatic carbocycles. The lowest BCUT2D eigenvalue weighted by atomic mass is 10.1. The number of nitrogens with one attached hydrogen (secondary N) is 1. The Kier molecular flexibility index (Phi) is 7.30. The summed E-state index contributed by atoms with van der Waals surface area (Å²) in [5.41, 5.74) is 2.54. The van der Waals surface area contributed by atoms with Gasteiger partial charge in [0.1, 0.15) is 6.10 Å². The van der Waals surface area contributed by atoms with Gasteiger partial charge in [-0.15, -0.1) is 24.8 Å². The van der Waals surface area contributed by atoms with Crippen molar-refractivity contribution < 1.29 is 4.74 Å². The van der Waals surface area contributed by atoms with E-state index in [-0.39, 0.29) is 30.9 Å². The topological polar surface area (TPSA) is 39.1 Å². The number of aromatic nitrogens is 2. The smallest absolute Gasteiger partial charge is 0.114 e. The number of fused-ring (bicyclic) bond motifs is 1. The predicted molar refractivity (Wildman–Crippen MR) is 85.1 cm³/mol. The molecule has 0 radical (unpaired) electrons. The van der Waals surface area contributed by atoms with Crippen LogP contribution in [0.1, 0.15) is 50.1 Å². The van der Waals surface area contributed by atoms with Crippen molar-refractivity contribution in [3.63, 3.8) is 0 Å². The number of ether oxygens (including phenoxy) is 1. The average Bonchev–Trinajstić information content (AvgIpc) is 3.05. The maximum absolute atomic E-state index is 5.88. The Bertz CT molecular complexity index is 405. The van der Waals surface area contributed by atoms with Gasteiger partial charge in [0, 0.05) is 31.2 Å². The lowest BCUT2D eigenvalue weighted by Crippen LogP contribution is -2.33. The fourth-order valence-corrected chi connectivity index (χ4v) is 3.17. The molecule has 1 aliphatic carbocycles. The molecule has 3 rings (SSSR count). The van der Waals surface area contributed by atoms with Crippen LogP contribution < -0.4 is 5.32 Å². The number of nitrogens with zero attached hydrogens (tertiary/aromatic N) is 2. The lowest BCUT2D eigenvalue weighted by molar-refractivity contribution is 0.0367. The van der Waals surface area contributed by atoms with E-state index in [0.29, 0.717) is 6.04 Å². The highest BCUT2D eigenvalue weighted by Crippen LogP contribution is 2.26. The summed E-state index contributed by atoms with van der Waals surface area (Å²) in [6.07, 6.45) is 8.51. The average molecular weight is 322 g/mol. The van der Waals surface area contributed by atoms with Crippen LogP contribution in [-0.2, 0) is 17.7 Å². The van der Waals surface area contributed by atoms with E-state index in [2.05, 4.69) is 21.8 Å². The molecule has 0 saturated heterocycles. The summed E-state index contributed by atoms with van der Waals surface area (Å²) in [5, 5.41) is 3.65. The summed E-state index contributed by atoms with van der Waals surface area (Å²) in [6, 6.07) is 0.701. The second-order valence-corrected chi connectivity index (χ2v) is 5.36. The highest BCUT2D eigenvalue weighted by Gasteiger charge is 2.26. The minimum absolute atomic E-state index is 0.